The second kappa shape index (κ2) is 4.14. The Morgan fingerprint density at radius 2 is 2.06 bits per heavy atom. The zero-order valence-electron chi connectivity index (χ0n) is 9.83. The van der Waals surface area contributed by atoms with E-state index in [4.69, 9.17) is 5.73 Å². The number of anilines is 1. The van der Waals surface area contributed by atoms with Crippen molar-refractivity contribution >= 4 is 5.95 Å². The van der Waals surface area contributed by atoms with Crippen LogP contribution < -0.4 is 16.6 Å². The Balaban J connectivity index is 1.87. The fourth-order valence-electron chi connectivity index (χ4n) is 3.12. The molecule has 0 aromatic carbocycles. The average Bonchev–Trinajstić information content (AvgIpc) is 2.81. The zero-order chi connectivity index (χ0) is 11.8. The highest BCUT2D eigenvalue weighted by Gasteiger charge is 2.29. The van der Waals surface area contributed by atoms with E-state index in [1.54, 1.807) is 0 Å². The predicted molar refractivity (Wildman–Crippen MR) is 65.6 cm³/mol. The van der Waals surface area contributed by atoms with Gasteiger partial charge in [-0.15, -0.1) is 0 Å². The number of hydrogen-bond donors (Lipinski definition) is 3. The van der Waals surface area contributed by atoms with Crippen LogP contribution in [-0.2, 0) is 13.0 Å². The molecule has 1 unspecified atom stereocenters. The van der Waals surface area contributed by atoms with E-state index in [0.717, 1.165) is 23.6 Å². The van der Waals surface area contributed by atoms with Crippen LogP contribution in [-0.4, -0.2) is 16.0 Å². The van der Waals surface area contributed by atoms with Crippen LogP contribution in [0.25, 0.3) is 0 Å². The molecular weight excluding hydrogens is 216 g/mol. The molecule has 92 valence electrons. The number of H-pyrrole nitrogens is 1. The van der Waals surface area contributed by atoms with Crippen molar-refractivity contribution in [3.8, 4) is 0 Å². The summed E-state index contributed by atoms with van der Waals surface area (Å²) in [5, 5.41) is 3.48. The lowest BCUT2D eigenvalue weighted by atomic mass is 9.90. The lowest BCUT2D eigenvalue weighted by molar-refractivity contribution is 0.335. The summed E-state index contributed by atoms with van der Waals surface area (Å²) in [6, 6.07) is 0.471. The topological polar surface area (TPSA) is 83.8 Å². The molecule has 0 bridgehead atoms. The van der Waals surface area contributed by atoms with Crippen molar-refractivity contribution in [2.45, 2.75) is 44.7 Å². The third-order valence-corrected chi connectivity index (χ3v) is 4.04. The molecule has 1 aromatic heterocycles. The molecule has 1 aliphatic heterocycles. The van der Waals surface area contributed by atoms with E-state index in [1.165, 1.54) is 25.7 Å². The largest absolute Gasteiger partial charge is 0.369 e. The highest BCUT2D eigenvalue weighted by molar-refractivity contribution is 5.28. The second-order valence-electron chi connectivity index (χ2n) is 5.11. The Hall–Kier alpha value is -1.36. The summed E-state index contributed by atoms with van der Waals surface area (Å²) in [7, 11) is 0. The fourth-order valence-corrected chi connectivity index (χ4v) is 3.12. The molecule has 4 N–H and O–H groups in total. The lowest BCUT2D eigenvalue weighted by Gasteiger charge is -2.29. The van der Waals surface area contributed by atoms with Crippen molar-refractivity contribution in [1.29, 1.82) is 0 Å². The number of nitrogens with one attached hydrogen (secondary N) is 2. The number of aromatic nitrogens is 2. The standard InChI is InChI=1S/C12H18N4O/c13-12-15-10-5-9(7-3-1-2-4-7)14-6-8(10)11(17)16-12/h7,9,14H,1-6H2,(H3,13,15,16,17). The van der Waals surface area contributed by atoms with Crippen molar-refractivity contribution in [3.63, 3.8) is 0 Å². The van der Waals surface area contributed by atoms with Gasteiger partial charge in [0.2, 0.25) is 5.95 Å². The van der Waals surface area contributed by atoms with E-state index in [2.05, 4.69) is 15.3 Å². The first-order valence-electron chi connectivity index (χ1n) is 6.35. The molecule has 1 aliphatic carbocycles. The lowest BCUT2D eigenvalue weighted by Crippen LogP contribution is -2.43. The van der Waals surface area contributed by atoms with E-state index >= 15 is 0 Å². The molecule has 1 aromatic rings. The van der Waals surface area contributed by atoms with E-state index in [1.807, 2.05) is 0 Å². The summed E-state index contributed by atoms with van der Waals surface area (Å²) in [6.45, 7) is 0.624. The van der Waals surface area contributed by atoms with Gasteiger partial charge < -0.3 is 11.1 Å². The summed E-state index contributed by atoms with van der Waals surface area (Å²) in [5.74, 6) is 0.978. The molecule has 0 spiro atoms. The van der Waals surface area contributed by atoms with Gasteiger partial charge in [0.1, 0.15) is 0 Å². The molecule has 17 heavy (non-hydrogen) atoms. The number of hydrogen-bond acceptors (Lipinski definition) is 4. The minimum absolute atomic E-state index is 0.0927. The van der Waals surface area contributed by atoms with Gasteiger partial charge in [-0.2, -0.15) is 0 Å². The number of rotatable bonds is 1. The van der Waals surface area contributed by atoms with Crippen LogP contribution in [0.15, 0.2) is 4.79 Å². The van der Waals surface area contributed by atoms with Gasteiger partial charge in [0.15, 0.2) is 0 Å². The Morgan fingerprint density at radius 3 is 2.82 bits per heavy atom. The van der Waals surface area contributed by atoms with Crippen LogP contribution in [0.4, 0.5) is 5.95 Å². The number of nitrogens with two attached hydrogens (primary N) is 1. The summed E-state index contributed by atoms with van der Waals surface area (Å²) < 4.78 is 0. The van der Waals surface area contributed by atoms with Crippen LogP contribution in [0, 0.1) is 5.92 Å². The third-order valence-electron chi connectivity index (χ3n) is 4.04. The van der Waals surface area contributed by atoms with Crippen LogP contribution in [0.2, 0.25) is 0 Å². The molecule has 0 radical (unpaired) electrons. The van der Waals surface area contributed by atoms with Crippen LogP contribution in [0.1, 0.15) is 36.9 Å². The van der Waals surface area contributed by atoms with Crippen molar-refractivity contribution in [1.82, 2.24) is 15.3 Å². The fraction of sp³-hybridized carbons (Fsp3) is 0.667. The number of nitrogens with zero attached hydrogens (tertiary/aromatic N) is 1. The van der Waals surface area contributed by atoms with Gasteiger partial charge in [-0.25, -0.2) is 4.98 Å². The summed E-state index contributed by atoms with van der Waals surface area (Å²) in [4.78, 5) is 18.5. The molecule has 5 nitrogen and oxygen atoms in total. The number of aromatic amines is 1. The molecule has 2 aliphatic rings. The molecule has 2 heterocycles. The molecule has 1 fully saturated rings. The Kier molecular flexibility index (Phi) is 2.63. The summed E-state index contributed by atoms with van der Waals surface area (Å²) >= 11 is 0. The highest BCUT2D eigenvalue weighted by atomic mass is 16.1. The van der Waals surface area contributed by atoms with E-state index in [0.29, 0.717) is 12.6 Å². The predicted octanol–water partition coefficient (Wildman–Crippen LogP) is 0.557. The van der Waals surface area contributed by atoms with Crippen LogP contribution in [0.3, 0.4) is 0 Å². The van der Waals surface area contributed by atoms with E-state index < -0.39 is 0 Å². The van der Waals surface area contributed by atoms with Crippen molar-refractivity contribution < 1.29 is 0 Å². The van der Waals surface area contributed by atoms with Crippen molar-refractivity contribution in [3.05, 3.63) is 21.6 Å². The molecule has 1 atom stereocenters. The average molecular weight is 234 g/mol. The minimum atomic E-state index is -0.0927. The molecule has 5 heteroatoms. The van der Waals surface area contributed by atoms with Crippen LogP contribution >= 0.6 is 0 Å². The van der Waals surface area contributed by atoms with Gasteiger partial charge >= 0.3 is 0 Å². The Morgan fingerprint density at radius 1 is 1.29 bits per heavy atom. The maximum atomic E-state index is 11.7. The molecule has 3 rings (SSSR count). The van der Waals surface area contributed by atoms with Gasteiger partial charge in [0, 0.05) is 19.0 Å². The molecule has 0 amide bonds. The number of nitrogen functional groups attached to an aromatic ring is 1. The van der Waals surface area contributed by atoms with E-state index in [-0.39, 0.29) is 11.5 Å². The molecule has 1 saturated carbocycles. The smallest absolute Gasteiger partial charge is 0.257 e. The molecule has 0 saturated heterocycles. The normalized spacial score (nSPS) is 24.8. The number of fused-ring (bicyclic) bond motifs is 1. The second-order valence-corrected chi connectivity index (χ2v) is 5.11. The summed E-state index contributed by atoms with van der Waals surface area (Å²) in [5.41, 5.74) is 7.15. The monoisotopic (exact) mass is 234 g/mol. The zero-order valence-corrected chi connectivity index (χ0v) is 9.83. The van der Waals surface area contributed by atoms with Gasteiger partial charge in [-0.3, -0.25) is 9.78 Å². The highest BCUT2D eigenvalue weighted by Crippen LogP contribution is 2.30. The molecular formula is C12H18N4O. The van der Waals surface area contributed by atoms with Gasteiger partial charge in [0.05, 0.1) is 11.3 Å². The van der Waals surface area contributed by atoms with Gasteiger partial charge in [0.25, 0.3) is 5.56 Å². The van der Waals surface area contributed by atoms with Gasteiger partial charge in [-0.05, 0) is 18.8 Å². The van der Waals surface area contributed by atoms with E-state index in [9.17, 15) is 4.79 Å². The van der Waals surface area contributed by atoms with Crippen molar-refractivity contribution in [2.75, 3.05) is 5.73 Å². The van der Waals surface area contributed by atoms with Crippen LogP contribution in [0.5, 0.6) is 0 Å². The Labute approximate surface area is 99.8 Å². The quantitative estimate of drug-likeness (QED) is 0.663. The minimum Gasteiger partial charge on any atom is -0.369 e. The third kappa shape index (κ3) is 1.95. The maximum absolute atomic E-state index is 11.7. The first-order valence-corrected chi connectivity index (χ1v) is 6.35. The first-order chi connectivity index (χ1) is 8.24. The maximum Gasteiger partial charge on any atom is 0.257 e. The first kappa shape index (κ1) is 10.8. The van der Waals surface area contributed by atoms with Crippen molar-refractivity contribution in [2.24, 2.45) is 5.92 Å². The summed E-state index contributed by atoms with van der Waals surface area (Å²) in [6.07, 6.45) is 6.10. The SMILES string of the molecule is Nc1nc2c(c(=O)[nH]1)CNC(C1CCCC1)C2. The Bertz CT molecular complexity index is 476. The van der Waals surface area contributed by atoms with Gasteiger partial charge in [-0.1, -0.05) is 12.8 Å².